The second-order valence-electron chi connectivity index (χ2n) is 6.58. The molecule has 7 nitrogen and oxygen atoms in total. The molecule has 0 aliphatic carbocycles. The van der Waals surface area contributed by atoms with Gasteiger partial charge in [0.05, 0.1) is 5.02 Å². The van der Waals surface area contributed by atoms with Crippen molar-refractivity contribution in [1.82, 2.24) is 10.6 Å². The smallest absolute Gasteiger partial charge is 0.349 e. The number of imide groups is 1. The van der Waals surface area contributed by atoms with E-state index in [2.05, 4.69) is 10.6 Å². The summed E-state index contributed by atoms with van der Waals surface area (Å²) in [7, 11) is 0. The van der Waals surface area contributed by atoms with Crippen LogP contribution in [0, 0.1) is 0 Å². The summed E-state index contributed by atoms with van der Waals surface area (Å²) in [6.07, 6.45) is 1.03. The van der Waals surface area contributed by atoms with Crippen molar-refractivity contribution in [3.63, 3.8) is 0 Å². The third-order valence-corrected chi connectivity index (χ3v) is 4.68. The fourth-order valence-corrected chi connectivity index (χ4v) is 2.92. The first-order valence-electron chi connectivity index (χ1n) is 8.66. The second kappa shape index (κ2) is 8.31. The van der Waals surface area contributed by atoms with Crippen LogP contribution in [0.1, 0.15) is 18.9 Å². The van der Waals surface area contributed by atoms with E-state index in [1.165, 1.54) is 0 Å². The molecular weight excluding hydrogens is 384 g/mol. The lowest BCUT2D eigenvalue weighted by Crippen LogP contribution is -2.43. The summed E-state index contributed by atoms with van der Waals surface area (Å²) < 4.78 is 10.6. The van der Waals surface area contributed by atoms with Crippen LogP contribution in [-0.4, -0.2) is 30.1 Å². The van der Waals surface area contributed by atoms with Gasteiger partial charge in [-0.2, -0.15) is 0 Å². The second-order valence-corrected chi connectivity index (χ2v) is 6.98. The zero-order chi connectivity index (χ0) is 20.1. The van der Waals surface area contributed by atoms with Crippen molar-refractivity contribution in [3.05, 3.63) is 59.1 Å². The molecule has 0 spiro atoms. The zero-order valence-corrected chi connectivity index (χ0v) is 15.9. The normalized spacial score (nSPS) is 18.4. The van der Waals surface area contributed by atoms with Crippen molar-refractivity contribution >= 4 is 29.5 Å². The molecule has 28 heavy (non-hydrogen) atoms. The monoisotopic (exact) mass is 402 g/mol. The molecule has 3 amide bonds. The van der Waals surface area contributed by atoms with E-state index >= 15 is 0 Å². The number of rotatable bonds is 7. The van der Waals surface area contributed by atoms with Gasteiger partial charge in [-0.1, -0.05) is 35.9 Å². The van der Waals surface area contributed by atoms with E-state index < -0.39 is 17.5 Å². The van der Waals surface area contributed by atoms with Gasteiger partial charge in [0, 0.05) is 0 Å². The van der Waals surface area contributed by atoms with Crippen LogP contribution >= 0.6 is 11.6 Å². The molecule has 3 rings (SSSR count). The van der Waals surface area contributed by atoms with Crippen LogP contribution in [0.4, 0.5) is 4.79 Å². The van der Waals surface area contributed by atoms with Gasteiger partial charge in [-0.3, -0.25) is 10.1 Å². The summed E-state index contributed by atoms with van der Waals surface area (Å²) in [5.41, 5.74) is 0.0282. The molecule has 146 valence electrons. The van der Waals surface area contributed by atoms with Crippen LogP contribution in [0.2, 0.25) is 5.02 Å². The van der Waals surface area contributed by atoms with Crippen molar-refractivity contribution in [2.75, 3.05) is 6.61 Å². The van der Waals surface area contributed by atoms with Crippen LogP contribution in [0.5, 0.6) is 11.5 Å². The Morgan fingerprint density at radius 2 is 1.82 bits per heavy atom. The Bertz CT molecular complexity index is 900. The van der Waals surface area contributed by atoms with E-state index in [1.807, 2.05) is 0 Å². The molecule has 1 heterocycles. The van der Waals surface area contributed by atoms with Gasteiger partial charge in [0.2, 0.25) is 0 Å². The van der Waals surface area contributed by atoms with Crippen LogP contribution in [0.15, 0.2) is 48.5 Å². The summed E-state index contributed by atoms with van der Waals surface area (Å²) >= 11 is 5.96. The third kappa shape index (κ3) is 4.80. The lowest BCUT2D eigenvalue weighted by Gasteiger charge is -2.20. The quantitative estimate of drug-likeness (QED) is 0.422. The number of carbonyl (C=O) groups is 3. The van der Waals surface area contributed by atoms with Crippen molar-refractivity contribution < 1.29 is 23.9 Å². The molecule has 0 saturated carbocycles. The van der Waals surface area contributed by atoms with Crippen LogP contribution in [0.25, 0.3) is 0 Å². The molecule has 2 aromatic carbocycles. The summed E-state index contributed by atoms with van der Waals surface area (Å²) in [6.45, 7) is 1.42. The maximum absolute atomic E-state index is 11.9. The number of ether oxygens (including phenoxy) is 2. The van der Waals surface area contributed by atoms with E-state index in [9.17, 15) is 14.4 Å². The molecule has 1 atom stereocenters. The van der Waals surface area contributed by atoms with Crippen molar-refractivity contribution in [2.24, 2.45) is 0 Å². The lowest BCUT2D eigenvalue weighted by atomic mass is 9.93. The molecule has 0 unspecified atom stereocenters. The van der Waals surface area contributed by atoms with Crippen LogP contribution in [-0.2, 0) is 16.0 Å². The molecule has 8 heteroatoms. The molecule has 2 N–H and O–H groups in total. The van der Waals surface area contributed by atoms with Gasteiger partial charge in [-0.25, -0.2) is 9.59 Å². The summed E-state index contributed by atoms with van der Waals surface area (Å²) in [6, 6.07) is 13.3. The third-order valence-electron chi connectivity index (χ3n) is 4.37. The Balaban J connectivity index is 1.49. The lowest BCUT2D eigenvalue weighted by molar-refractivity contribution is -0.136. The number of carbonyl (C=O) groups excluding carboxylic acids is 3. The van der Waals surface area contributed by atoms with E-state index in [0.29, 0.717) is 29.4 Å². The van der Waals surface area contributed by atoms with Gasteiger partial charge in [0.15, 0.2) is 6.61 Å². The van der Waals surface area contributed by atoms with E-state index in [-0.39, 0.29) is 12.5 Å². The largest absolute Gasteiger partial charge is 0.480 e. The highest BCUT2D eigenvalue weighted by Gasteiger charge is 2.41. The molecular formula is C20H19ClN2O5. The fraction of sp³-hybridized carbons (Fsp3) is 0.250. The SMILES string of the molecule is C[C@@]1(CCc2ccc(OC(=O)COc3ccccc3Cl)cc2)NC(=O)NC1=O. The molecule has 1 aliphatic heterocycles. The van der Waals surface area contributed by atoms with Crippen molar-refractivity contribution in [2.45, 2.75) is 25.3 Å². The Labute approximate surface area is 167 Å². The standard InChI is InChI=1S/C20H19ClN2O5/c1-20(18(25)22-19(26)23-20)11-10-13-6-8-14(9-7-13)28-17(24)12-27-16-5-3-2-4-15(16)21/h2-9H,10-12H2,1H3,(H2,22,23,25,26)/t20-/m0/s1. The molecule has 2 aromatic rings. The maximum Gasteiger partial charge on any atom is 0.349 e. The highest BCUT2D eigenvalue weighted by Crippen LogP contribution is 2.23. The number of hydrogen-bond acceptors (Lipinski definition) is 5. The number of urea groups is 1. The van der Waals surface area contributed by atoms with Crippen LogP contribution < -0.4 is 20.1 Å². The first kappa shape index (κ1) is 19.7. The minimum absolute atomic E-state index is 0.265. The van der Waals surface area contributed by atoms with Crippen LogP contribution in [0.3, 0.4) is 0 Å². The fourth-order valence-electron chi connectivity index (χ4n) is 2.73. The van der Waals surface area contributed by atoms with Gasteiger partial charge in [-0.15, -0.1) is 0 Å². The average molecular weight is 403 g/mol. The van der Waals surface area contributed by atoms with Gasteiger partial charge in [0.25, 0.3) is 5.91 Å². The van der Waals surface area contributed by atoms with Gasteiger partial charge in [0.1, 0.15) is 17.0 Å². The minimum Gasteiger partial charge on any atom is -0.480 e. The number of para-hydroxylation sites is 1. The topological polar surface area (TPSA) is 93.7 Å². The molecule has 1 aliphatic rings. The highest BCUT2D eigenvalue weighted by atomic mass is 35.5. The number of nitrogens with one attached hydrogen (secondary N) is 2. The van der Waals surface area contributed by atoms with E-state index in [4.69, 9.17) is 21.1 Å². The molecule has 0 radical (unpaired) electrons. The zero-order valence-electron chi connectivity index (χ0n) is 15.2. The Hall–Kier alpha value is -3.06. The van der Waals surface area contributed by atoms with Crippen molar-refractivity contribution in [1.29, 1.82) is 0 Å². The number of aryl methyl sites for hydroxylation is 1. The van der Waals surface area contributed by atoms with Crippen molar-refractivity contribution in [3.8, 4) is 11.5 Å². The van der Waals surface area contributed by atoms with Gasteiger partial charge in [-0.05, 0) is 49.6 Å². The summed E-state index contributed by atoms with van der Waals surface area (Å²) in [5.74, 6) is -0.0882. The predicted octanol–water partition coefficient (Wildman–Crippen LogP) is 2.86. The Morgan fingerprint density at radius 1 is 1.11 bits per heavy atom. The predicted molar refractivity (Wildman–Crippen MR) is 102 cm³/mol. The number of hydrogen-bond donors (Lipinski definition) is 2. The summed E-state index contributed by atoms with van der Waals surface area (Å²) in [5, 5.41) is 5.28. The average Bonchev–Trinajstić information content (AvgIpc) is 2.92. The summed E-state index contributed by atoms with van der Waals surface area (Å²) in [4.78, 5) is 35.0. The number of amides is 3. The minimum atomic E-state index is -0.918. The first-order valence-corrected chi connectivity index (χ1v) is 9.04. The van der Waals surface area contributed by atoms with Gasteiger partial charge < -0.3 is 14.8 Å². The maximum atomic E-state index is 11.9. The Morgan fingerprint density at radius 3 is 2.46 bits per heavy atom. The first-order chi connectivity index (χ1) is 13.4. The highest BCUT2D eigenvalue weighted by molar-refractivity contribution is 6.32. The van der Waals surface area contributed by atoms with E-state index in [0.717, 1.165) is 5.56 Å². The number of halogens is 1. The molecule has 1 saturated heterocycles. The number of esters is 1. The molecule has 0 aromatic heterocycles. The van der Waals surface area contributed by atoms with E-state index in [1.54, 1.807) is 55.5 Å². The molecule has 0 bridgehead atoms. The Kier molecular flexibility index (Phi) is 5.84. The number of benzene rings is 2. The van der Waals surface area contributed by atoms with Gasteiger partial charge >= 0.3 is 12.0 Å². The molecule has 1 fully saturated rings.